The molecule has 2 atom stereocenters. The number of ether oxygens (including phenoxy) is 1. The van der Waals surface area contributed by atoms with Crippen molar-refractivity contribution in [3.05, 3.63) is 47.2 Å². The van der Waals surface area contributed by atoms with Gasteiger partial charge >= 0.3 is 0 Å². The highest BCUT2D eigenvalue weighted by Crippen LogP contribution is 2.49. The summed E-state index contributed by atoms with van der Waals surface area (Å²) in [6.45, 7) is 4.65. The van der Waals surface area contributed by atoms with Gasteiger partial charge in [0.2, 0.25) is 11.9 Å². The molecule has 1 aliphatic carbocycles. The van der Waals surface area contributed by atoms with Gasteiger partial charge in [-0.3, -0.25) is 4.79 Å². The Bertz CT molecular complexity index is 922. The van der Waals surface area contributed by atoms with Crippen molar-refractivity contribution in [3.63, 3.8) is 0 Å². The van der Waals surface area contributed by atoms with Crippen LogP contribution in [-0.2, 0) is 11.2 Å². The maximum Gasteiger partial charge on any atom is 0.226 e. The number of likely N-dealkylation sites (tertiary alicyclic amines) is 1. The Hall–Kier alpha value is -2.34. The van der Waals surface area contributed by atoms with E-state index in [9.17, 15) is 4.79 Å². The second-order valence-corrected chi connectivity index (χ2v) is 10.2. The minimum absolute atomic E-state index is 0.243. The molecule has 3 fully saturated rings. The van der Waals surface area contributed by atoms with Crippen molar-refractivity contribution in [3.8, 4) is 5.75 Å². The second kappa shape index (κ2) is 10.3. The van der Waals surface area contributed by atoms with Gasteiger partial charge in [0.15, 0.2) is 0 Å². The minimum atomic E-state index is 0.243. The maximum atomic E-state index is 12.3. The van der Waals surface area contributed by atoms with E-state index in [0.717, 1.165) is 87.1 Å². The normalized spacial score (nSPS) is 23.1. The molecule has 1 saturated carbocycles. The van der Waals surface area contributed by atoms with Crippen molar-refractivity contribution in [1.82, 2.24) is 14.9 Å². The zero-order valence-electron chi connectivity index (χ0n) is 19.2. The summed E-state index contributed by atoms with van der Waals surface area (Å²) in [6.07, 6.45) is 11.0. The van der Waals surface area contributed by atoms with E-state index < -0.39 is 0 Å². The number of piperidine rings is 1. The third-order valence-electron chi connectivity index (χ3n) is 7.51. The van der Waals surface area contributed by atoms with Crippen LogP contribution in [0.1, 0.15) is 44.1 Å². The largest absolute Gasteiger partial charge is 0.494 e. The van der Waals surface area contributed by atoms with Crippen molar-refractivity contribution in [2.45, 2.75) is 44.9 Å². The third-order valence-corrected chi connectivity index (χ3v) is 7.70. The smallest absolute Gasteiger partial charge is 0.226 e. The van der Waals surface area contributed by atoms with Crippen LogP contribution in [0.15, 0.2) is 36.7 Å². The van der Waals surface area contributed by atoms with Crippen molar-refractivity contribution in [2.24, 2.45) is 17.8 Å². The molecule has 3 aliphatic rings. The number of aromatic nitrogens is 2. The number of rotatable bonds is 8. The first kappa shape index (κ1) is 22.5. The number of hydrogen-bond donors (Lipinski definition) is 0. The topological polar surface area (TPSA) is 58.6 Å². The van der Waals surface area contributed by atoms with Gasteiger partial charge in [-0.25, -0.2) is 9.97 Å². The predicted octanol–water partition coefficient (Wildman–Crippen LogP) is 4.62. The summed E-state index contributed by atoms with van der Waals surface area (Å²) in [5.41, 5.74) is 1.07. The van der Waals surface area contributed by atoms with Crippen LogP contribution in [0.25, 0.3) is 0 Å². The molecule has 7 heteroatoms. The van der Waals surface area contributed by atoms with E-state index in [0.29, 0.717) is 11.4 Å². The summed E-state index contributed by atoms with van der Waals surface area (Å²) in [5, 5.41) is 0.584. The molecule has 33 heavy (non-hydrogen) atoms. The number of carbonyl (C=O) groups is 1. The average molecular weight is 469 g/mol. The summed E-state index contributed by atoms with van der Waals surface area (Å²) in [4.78, 5) is 25.3. The van der Waals surface area contributed by atoms with Crippen LogP contribution in [-0.4, -0.2) is 53.6 Å². The first-order chi connectivity index (χ1) is 16.2. The molecule has 3 heterocycles. The number of halogens is 1. The summed E-state index contributed by atoms with van der Waals surface area (Å²) in [7, 11) is 0. The molecule has 2 aromatic rings. The van der Waals surface area contributed by atoms with Gasteiger partial charge in [0.05, 0.1) is 30.4 Å². The van der Waals surface area contributed by atoms with Crippen LogP contribution in [0.3, 0.4) is 0 Å². The molecule has 0 N–H and O–H groups in total. The van der Waals surface area contributed by atoms with E-state index in [4.69, 9.17) is 16.3 Å². The van der Waals surface area contributed by atoms with Crippen molar-refractivity contribution in [2.75, 3.05) is 37.7 Å². The van der Waals surface area contributed by atoms with Crippen molar-refractivity contribution < 1.29 is 9.53 Å². The molecular formula is C26H33ClN4O2. The van der Waals surface area contributed by atoms with E-state index >= 15 is 0 Å². The van der Waals surface area contributed by atoms with Gasteiger partial charge in [-0.1, -0.05) is 23.7 Å². The summed E-state index contributed by atoms with van der Waals surface area (Å²) >= 11 is 5.90. The number of hydrogen-bond acceptors (Lipinski definition) is 5. The van der Waals surface area contributed by atoms with E-state index in [-0.39, 0.29) is 5.91 Å². The summed E-state index contributed by atoms with van der Waals surface area (Å²) in [5.74, 6) is 4.40. The number of benzene rings is 1. The zero-order chi connectivity index (χ0) is 22.6. The molecule has 1 aromatic heterocycles. The molecule has 1 amide bonds. The molecule has 176 valence electrons. The van der Waals surface area contributed by atoms with Crippen LogP contribution < -0.4 is 9.64 Å². The van der Waals surface area contributed by atoms with Gasteiger partial charge < -0.3 is 14.5 Å². The number of amides is 1. The average Bonchev–Trinajstić information content (AvgIpc) is 3.39. The second-order valence-electron chi connectivity index (χ2n) is 9.73. The van der Waals surface area contributed by atoms with Crippen molar-refractivity contribution >= 4 is 23.5 Å². The van der Waals surface area contributed by atoms with Gasteiger partial charge in [-0.05, 0) is 74.0 Å². The molecule has 6 nitrogen and oxygen atoms in total. The van der Waals surface area contributed by atoms with Crippen LogP contribution in [0.2, 0.25) is 5.02 Å². The summed E-state index contributed by atoms with van der Waals surface area (Å²) < 4.78 is 6.01. The minimum Gasteiger partial charge on any atom is -0.494 e. The van der Waals surface area contributed by atoms with E-state index in [1.807, 2.05) is 29.2 Å². The third kappa shape index (κ3) is 5.78. The molecule has 2 unspecified atom stereocenters. The fourth-order valence-corrected chi connectivity index (χ4v) is 5.56. The molecule has 0 spiro atoms. The maximum absolute atomic E-state index is 12.3. The van der Waals surface area contributed by atoms with Gasteiger partial charge in [0.25, 0.3) is 0 Å². The van der Waals surface area contributed by atoms with Crippen molar-refractivity contribution in [1.29, 1.82) is 0 Å². The quantitative estimate of drug-likeness (QED) is 0.566. The Morgan fingerprint density at radius 3 is 2.42 bits per heavy atom. The first-order valence-electron chi connectivity index (χ1n) is 12.4. The summed E-state index contributed by atoms with van der Waals surface area (Å²) in [6, 6.07) is 8.07. The molecule has 2 saturated heterocycles. The Balaban J connectivity index is 0.995. The van der Waals surface area contributed by atoms with E-state index in [1.165, 1.54) is 19.3 Å². The first-order valence-corrected chi connectivity index (χ1v) is 12.8. The standard InChI is InChI=1S/C26H33ClN4O2/c27-22-17-28-26(29-18-22)31-12-7-20(8-13-31)24-16-21(24)9-14-33-23-5-3-19(4-6-23)15-25(32)30-10-1-2-11-30/h3-6,17-18,20-21,24H,1-2,7-16H2. The van der Waals surface area contributed by atoms with Gasteiger partial charge in [0.1, 0.15) is 5.75 Å². The highest BCUT2D eigenvalue weighted by molar-refractivity contribution is 6.30. The highest BCUT2D eigenvalue weighted by atomic mass is 35.5. The lowest BCUT2D eigenvalue weighted by Crippen LogP contribution is -2.35. The van der Waals surface area contributed by atoms with Crippen LogP contribution in [0, 0.1) is 17.8 Å². The molecule has 2 aliphatic heterocycles. The Morgan fingerprint density at radius 2 is 1.73 bits per heavy atom. The Labute approximate surface area is 201 Å². The monoisotopic (exact) mass is 468 g/mol. The predicted molar refractivity (Wildman–Crippen MR) is 130 cm³/mol. The lowest BCUT2D eigenvalue weighted by molar-refractivity contribution is -0.129. The Morgan fingerprint density at radius 1 is 1.03 bits per heavy atom. The van der Waals surface area contributed by atoms with Crippen LogP contribution >= 0.6 is 11.6 Å². The van der Waals surface area contributed by atoms with Crippen LogP contribution in [0.5, 0.6) is 5.75 Å². The fraction of sp³-hybridized carbons (Fsp3) is 0.577. The lowest BCUT2D eigenvalue weighted by Gasteiger charge is -2.32. The number of anilines is 1. The van der Waals surface area contributed by atoms with Crippen LogP contribution in [0.4, 0.5) is 5.95 Å². The Kier molecular flexibility index (Phi) is 7.00. The van der Waals surface area contributed by atoms with E-state index in [1.54, 1.807) is 12.4 Å². The molecular weight excluding hydrogens is 436 g/mol. The molecule has 0 radical (unpaired) electrons. The highest BCUT2D eigenvalue weighted by Gasteiger charge is 2.43. The van der Waals surface area contributed by atoms with Gasteiger partial charge in [0, 0.05) is 26.2 Å². The van der Waals surface area contributed by atoms with Gasteiger partial charge in [-0.15, -0.1) is 0 Å². The fourth-order valence-electron chi connectivity index (χ4n) is 5.46. The molecule has 1 aromatic carbocycles. The number of nitrogens with zero attached hydrogens (tertiary/aromatic N) is 4. The molecule has 5 rings (SSSR count). The van der Waals surface area contributed by atoms with Gasteiger partial charge in [-0.2, -0.15) is 0 Å². The van der Waals surface area contributed by atoms with E-state index in [2.05, 4.69) is 14.9 Å². The lowest BCUT2D eigenvalue weighted by atomic mass is 9.90. The SMILES string of the molecule is O=C(Cc1ccc(OCCC2CC2C2CCN(c3ncc(Cl)cn3)CC2)cc1)N1CCCC1. The number of carbonyl (C=O) groups excluding carboxylic acids is 1. The molecule has 0 bridgehead atoms. The zero-order valence-corrected chi connectivity index (χ0v) is 19.9.